The topological polar surface area (TPSA) is 82.8 Å². The quantitative estimate of drug-likeness (QED) is 0.928. The number of pyridine rings is 1. The van der Waals surface area contributed by atoms with E-state index in [4.69, 9.17) is 5.26 Å². The second-order valence-corrected chi connectivity index (χ2v) is 5.97. The van der Waals surface area contributed by atoms with Crippen LogP contribution in [0.4, 0.5) is 0 Å². The number of rotatable bonds is 4. The fourth-order valence-electron chi connectivity index (χ4n) is 1.73. The molecule has 0 aliphatic heterocycles. The normalized spacial score (nSPS) is 11.0. The van der Waals surface area contributed by atoms with E-state index in [1.54, 1.807) is 24.5 Å². The van der Waals surface area contributed by atoms with E-state index < -0.39 is 10.0 Å². The van der Waals surface area contributed by atoms with Gasteiger partial charge >= 0.3 is 0 Å². The summed E-state index contributed by atoms with van der Waals surface area (Å²) >= 11 is 0. The monoisotopic (exact) mass is 287 g/mol. The van der Waals surface area contributed by atoms with E-state index in [0.29, 0.717) is 0 Å². The number of benzene rings is 1. The number of sulfonamides is 1. The van der Waals surface area contributed by atoms with Crippen molar-refractivity contribution in [1.29, 1.82) is 5.26 Å². The van der Waals surface area contributed by atoms with Crippen molar-refractivity contribution in [2.45, 2.75) is 18.4 Å². The van der Waals surface area contributed by atoms with Gasteiger partial charge in [-0.25, -0.2) is 13.1 Å². The van der Waals surface area contributed by atoms with Crippen molar-refractivity contribution in [2.24, 2.45) is 0 Å². The van der Waals surface area contributed by atoms with Crippen LogP contribution in [0.1, 0.15) is 16.7 Å². The Kier molecular flexibility index (Phi) is 4.13. The van der Waals surface area contributed by atoms with Gasteiger partial charge in [0.1, 0.15) is 6.07 Å². The summed E-state index contributed by atoms with van der Waals surface area (Å²) in [5, 5.41) is 8.96. The molecule has 6 heteroatoms. The second-order valence-electron chi connectivity index (χ2n) is 4.23. The average molecular weight is 287 g/mol. The van der Waals surface area contributed by atoms with Crippen LogP contribution in [0.15, 0.2) is 47.6 Å². The summed E-state index contributed by atoms with van der Waals surface area (Å²) in [7, 11) is -3.72. The number of nitriles is 1. The van der Waals surface area contributed by atoms with Crippen molar-refractivity contribution in [3.8, 4) is 6.07 Å². The number of nitrogens with zero attached hydrogens (tertiary/aromatic N) is 2. The van der Waals surface area contributed by atoms with Gasteiger partial charge in [0.25, 0.3) is 0 Å². The zero-order valence-corrected chi connectivity index (χ0v) is 11.7. The Morgan fingerprint density at radius 2 is 2.05 bits per heavy atom. The summed E-state index contributed by atoms with van der Waals surface area (Å²) < 4.78 is 26.9. The summed E-state index contributed by atoms with van der Waals surface area (Å²) in [6.45, 7) is 2.02. The first kappa shape index (κ1) is 14.2. The van der Waals surface area contributed by atoms with Gasteiger partial charge in [0.05, 0.1) is 10.5 Å². The third kappa shape index (κ3) is 3.02. The summed E-state index contributed by atoms with van der Waals surface area (Å²) in [5.41, 5.74) is 1.88. The predicted molar refractivity (Wildman–Crippen MR) is 74.2 cm³/mol. The lowest BCUT2D eigenvalue weighted by Gasteiger charge is -2.09. The Hall–Kier alpha value is -2.23. The van der Waals surface area contributed by atoms with Crippen molar-refractivity contribution in [2.75, 3.05) is 0 Å². The van der Waals surface area contributed by atoms with E-state index in [2.05, 4.69) is 9.71 Å². The lowest BCUT2D eigenvalue weighted by Crippen LogP contribution is -2.24. The van der Waals surface area contributed by atoms with E-state index in [9.17, 15) is 8.42 Å². The van der Waals surface area contributed by atoms with Crippen LogP contribution in [0.5, 0.6) is 0 Å². The molecule has 0 saturated carbocycles. The summed E-state index contributed by atoms with van der Waals surface area (Å²) in [5.74, 6) is 0. The standard InChI is InChI=1S/C14H13N3O2S/c1-11-6-7-16-9-13(11)10-17-20(18,19)14-5-3-2-4-12(14)8-15/h2-7,9,17H,10H2,1H3. The summed E-state index contributed by atoms with van der Waals surface area (Å²) in [6.07, 6.45) is 3.27. The van der Waals surface area contributed by atoms with E-state index in [1.807, 2.05) is 19.1 Å². The molecule has 2 aromatic rings. The molecule has 0 saturated heterocycles. The lowest BCUT2D eigenvalue weighted by molar-refractivity contribution is 0.581. The second kappa shape index (κ2) is 5.82. The predicted octanol–water partition coefficient (Wildman–Crippen LogP) is 1.74. The highest BCUT2D eigenvalue weighted by Crippen LogP contribution is 2.15. The Labute approximate surface area is 118 Å². The number of hydrogen-bond acceptors (Lipinski definition) is 4. The number of nitrogens with one attached hydrogen (secondary N) is 1. The molecule has 102 valence electrons. The third-order valence-electron chi connectivity index (χ3n) is 2.90. The summed E-state index contributed by atoms with van der Waals surface area (Å²) in [6, 6.07) is 9.80. The molecule has 1 heterocycles. The molecule has 20 heavy (non-hydrogen) atoms. The molecule has 0 aliphatic carbocycles. The van der Waals surface area contributed by atoms with E-state index in [0.717, 1.165) is 11.1 Å². The first-order chi connectivity index (χ1) is 9.54. The minimum Gasteiger partial charge on any atom is -0.264 e. The highest BCUT2D eigenvalue weighted by atomic mass is 32.2. The van der Waals surface area contributed by atoms with Gasteiger partial charge in [-0.2, -0.15) is 5.26 Å². The van der Waals surface area contributed by atoms with E-state index in [1.165, 1.54) is 12.1 Å². The number of aromatic nitrogens is 1. The first-order valence-corrected chi connectivity index (χ1v) is 7.41. The molecule has 0 aliphatic rings. The maximum Gasteiger partial charge on any atom is 0.242 e. The van der Waals surface area contributed by atoms with Crippen molar-refractivity contribution in [3.63, 3.8) is 0 Å². The Bertz CT molecular complexity index is 764. The van der Waals surface area contributed by atoms with Gasteiger partial charge in [-0.1, -0.05) is 12.1 Å². The molecule has 0 atom stereocenters. The molecule has 1 aromatic heterocycles. The van der Waals surface area contributed by atoms with Gasteiger partial charge in [0.15, 0.2) is 0 Å². The van der Waals surface area contributed by atoms with Gasteiger partial charge in [0, 0.05) is 18.9 Å². The minimum atomic E-state index is -3.72. The third-order valence-corrected chi connectivity index (χ3v) is 4.36. The van der Waals surface area contributed by atoms with Crippen LogP contribution in [0, 0.1) is 18.3 Å². The van der Waals surface area contributed by atoms with Gasteiger partial charge in [-0.05, 0) is 36.2 Å². The molecule has 5 nitrogen and oxygen atoms in total. The van der Waals surface area contributed by atoms with Crippen LogP contribution in [-0.2, 0) is 16.6 Å². The van der Waals surface area contributed by atoms with Crippen molar-refractivity contribution in [3.05, 3.63) is 59.4 Å². The fourth-order valence-corrected chi connectivity index (χ4v) is 2.89. The van der Waals surface area contributed by atoms with Crippen molar-refractivity contribution < 1.29 is 8.42 Å². The molecule has 1 aromatic carbocycles. The van der Waals surface area contributed by atoms with Gasteiger partial charge < -0.3 is 0 Å². The Morgan fingerprint density at radius 1 is 1.30 bits per heavy atom. The van der Waals surface area contributed by atoms with Gasteiger partial charge in [-0.3, -0.25) is 4.98 Å². The lowest BCUT2D eigenvalue weighted by atomic mass is 10.2. The van der Waals surface area contributed by atoms with Crippen LogP contribution in [0.3, 0.4) is 0 Å². The maximum absolute atomic E-state index is 12.2. The molecule has 0 bridgehead atoms. The smallest absolute Gasteiger partial charge is 0.242 e. The summed E-state index contributed by atoms with van der Waals surface area (Å²) in [4.78, 5) is 3.96. The molecule has 0 spiro atoms. The average Bonchev–Trinajstić information content (AvgIpc) is 2.46. The number of aryl methyl sites for hydroxylation is 1. The van der Waals surface area contributed by atoms with Crippen LogP contribution in [0.25, 0.3) is 0 Å². The van der Waals surface area contributed by atoms with Crippen LogP contribution >= 0.6 is 0 Å². The molecule has 2 rings (SSSR count). The molecular formula is C14H13N3O2S. The van der Waals surface area contributed by atoms with Crippen molar-refractivity contribution in [1.82, 2.24) is 9.71 Å². The van der Waals surface area contributed by atoms with Crippen molar-refractivity contribution >= 4 is 10.0 Å². The van der Waals surface area contributed by atoms with E-state index >= 15 is 0 Å². The molecule has 1 N–H and O–H groups in total. The molecule has 0 amide bonds. The molecule has 0 radical (unpaired) electrons. The minimum absolute atomic E-state index is 0.0101. The molecular weight excluding hydrogens is 274 g/mol. The van der Waals surface area contributed by atoms with Crippen LogP contribution in [0.2, 0.25) is 0 Å². The SMILES string of the molecule is Cc1ccncc1CNS(=O)(=O)c1ccccc1C#N. The fraction of sp³-hybridized carbons (Fsp3) is 0.143. The highest BCUT2D eigenvalue weighted by molar-refractivity contribution is 7.89. The first-order valence-electron chi connectivity index (χ1n) is 5.93. The Morgan fingerprint density at radius 3 is 2.75 bits per heavy atom. The maximum atomic E-state index is 12.2. The van der Waals surface area contributed by atoms with Crippen LogP contribution < -0.4 is 4.72 Å². The zero-order valence-electron chi connectivity index (χ0n) is 10.9. The van der Waals surface area contributed by atoms with E-state index in [-0.39, 0.29) is 17.0 Å². The molecule has 0 unspecified atom stereocenters. The highest BCUT2D eigenvalue weighted by Gasteiger charge is 2.17. The van der Waals surface area contributed by atoms with Gasteiger partial charge in [-0.15, -0.1) is 0 Å². The molecule has 0 fully saturated rings. The zero-order chi connectivity index (χ0) is 14.6. The number of hydrogen-bond donors (Lipinski definition) is 1. The largest absolute Gasteiger partial charge is 0.264 e. The van der Waals surface area contributed by atoms with Gasteiger partial charge in [0.2, 0.25) is 10.0 Å². The van der Waals surface area contributed by atoms with Crippen LogP contribution in [-0.4, -0.2) is 13.4 Å². The Balaban J connectivity index is 2.25.